The smallest absolute Gasteiger partial charge is 0.410 e. The highest BCUT2D eigenvalue weighted by Crippen LogP contribution is 2.33. The zero-order valence-corrected chi connectivity index (χ0v) is 22.7. The van der Waals surface area contributed by atoms with Crippen molar-refractivity contribution in [1.82, 2.24) is 20.4 Å². The highest BCUT2D eigenvalue weighted by atomic mass is 16.6. The van der Waals surface area contributed by atoms with E-state index in [0.29, 0.717) is 25.9 Å². The summed E-state index contributed by atoms with van der Waals surface area (Å²) in [6.07, 6.45) is 0.733. The number of nitrogens with one attached hydrogen (secondary N) is 2. The number of fused-ring (bicyclic) bond motifs is 2. The fraction of sp³-hybridized carbons (Fsp3) is 0.630. The molecule has 4 rings (SSSR count). The van der Waals surface area contributed by atoms with E-state index in [1.165, 1.54) is 16.8 Å². The van der Waals surface area contributed by atoms with Crippen molar-refractivity contribution in [2.45, 2.75) is 89.4 Å². The Labute approximate surface area is 223 Å². The van der Waals surface area contributed by atoms with Crippen LogP contribution in [-0.2, 0) is 23.9 Å². The van der Waals surface area contributed by atoms with E-state index in [1.807, 2.05) is 24.3 Å². The monoisotopic (exact) mass is 530 g/mol. The average molecular weight is 531 g/mol. The van der Waals surface area contributed by atoms with E-state index in [9.17, 15) is 19.2 Å². The number of para-hydroxylation sites is 1. The van der Waals surface area contributed by atoms with E-state index in [4.69, 9.17) is 14.2 Å². The van der Waals surface area contributed by atoms with Crippen LogP contribution in [0.1, 0.15) is 65.0 Å². The first-order valence-electron chi connectivity index (χ1n) is 13.2. The molecule has 11 heteroatoms. The van der Waals surface area contributed by atoms with Gasteiger partial charge in [-0.05, 0) is 46.6 Å². The first kappa shape index (κ1) is 27.7. The maximum atomic E-state index is 13.6. The summed E-state index contributed by atoms with van der Waals surface area (Å²) in [6.45, 7) is 7.55. The number of ether oxygens (including phenoxy) is 3. The van der Waals surface area contributed by atoms with Gasteiger partial charge < -0.3 is 29.7 Å². The molecule has 208 valence electrons. The van der Waals surface area contributed by atoms with Crippen molar-refractivity contribution in [1.29, 1.82) is 0 Å². The van der Waals surface area contributed by atoms with Crippen LogP contribution in [0.3, 0.4) is 0 Å². The normalized spacial score (nSPS) is 25.7. The maximum absolute atomic E-state index is 13.6. The number of amides is 4. The van der Waals surface area contributed by atoms with Crippen LogP contribution in [0.2, 0.25) is 0 Å². The molecule has 0 bridgehead atoms. The fourth-order valence-corrected chi connectivity index (χ4v) is 4.98. The molecular formula is C27H38N4O7. The summed E-state index contributed by atoms with van der Waals surface area (Å²) in [6, 6.07) is 4.93. The standard InChI is InChI=1S/C27H38N4O7/c1-16(30(5)26(35)38-27(2,3)4)23(32)29-19-13-15-37-22-11-10-20(31(22)25(19)34)24(33)28-18-12-14-36-21-9-7-6-8-17(18)21/h6-9,16,18-20,22H,10-15H2,1-5H3,(H,28,33)(H,29,32)/t16-,18+,19-,20-,22-/m0/s1. The molecule has 11 nitrogen and oxygen atoms in total. The molecule has 0 radical (unpaired) electrons. The topological polar surface area (TPSA) is 127 Å². The Morgan fingerprint density at radius 1 is 1.05 bits per heavy atom. The minimum atomic E-state index is -0.876. The second-order valence-corrected chi connectivity index (χ2v) is 11.0. The third-order valence-electron chi connectivity index (χ3n) is 7.14. The van der Waals surface area contributed by atoms with Gasteiger partial charge in [0.2, 0.25) is 17.7 Å². The van der Waals surface area contributed by atoms with E-state index in [-0.39, 0.29) is 30.9 Å². The summed E-state index contributed by atoms with van der Waals surface area (Å²) < 4.78 is 16.9. The van der Waals surface area contributed by atoms with Crippen LogP contribution in [0.5, 0.6) is 5.75 Å². The highest BCUT2D eigenvalue weighted by Gasteiger charge is 2.46. The molecular weight excluding hydrogens is 492 g/mol. The third kappa shape index (κ3) is 6.03. The number of hydrogen-bond acceptors (Lipinski definition) is 7. The molecule has 2 saturated heterocycles. The van der Waals surface area contributed by atoms with Crippen molar-refractivity contribution < 1.29 is 33.4 Å². The SMILES string of the molecule is C[C@@H](C(=O)N[C@H]1CCO[C@H]2CC[C@@H](C(=O)N[C@@H]3CCOc4ccccc43)N2C1=O)N(C)C(=O)OC(C)(C)C. The van der Waals surface area contributed by atoms with Crippen molar-refractivity contribution in [2.75, 3.05) is 20.3 Å². The lowest BCUT2D eigenvalue weighted by atomic mass is 10.00. The third-order valence-corrected chi connectivity index (χ3v) is 7.14. The van der Waals surface area contributed by atoms with Gasteiger partial charge in [-0.2, -0.15) is 0 Å². The second kappa shape index (κ2) is 11.2. The lowest BCUT2D eigenvalue weighted by Crippen LogP contribution is -2.57. The number of nitrogens with zero attached hydrogens (tertiary/aromatic N) is 2. The molecule has 0 aromatic heterocycles. The summed E-state index contributed by atoms with van der Waals surface area (Å²) in [5.41, 5.74) is 0.205. The lowest BCUT2D eigenvalue weighted by molar-refractivity contribution is -0.149. The Morgan fingerprint density at radius 3 is 2.50 bits per heavy atom. The Kier molecular flexibility index (Phi) is 8.15. The summed E-state index contributed by atoms with van der Waals surface area (Å²) in [4.78, 5) is 55.1. The van der Waals surface area contributed by atoms with E-state index in [2.05, 4.69) is 10.6 Å². The van der Waals surface area contributed by atoms with Crippen LogP contribution in [0.15, 0.2) is 24.3 Å². The van der Waals surface area contributed by atoms with Crippen molar-refractivity contribution in [3.63, 3.8) is 0 Å². The highest BCUT2D eigenvalue weighted by molar-refractivity contribution is 5.94. The van der Waals surface area contributed by atoms with Gasteiger partial charge in [-0.3, -0.25) is 19.3 Å². The predicted molar refractivity (Wildman–Crippen MR) is 137 cm³/mol. The minimum absolute atomic E-state index is 0.214. The lowest BCUT2D eigenvalue weighted by Gasteiger charge is -2.33. The largest absolute Gasteiger partial charge is 0.493 e. The molecule has 3 heterocycles. The number of benzene rings is 1. The molecule has 1 aromatic rings. The minimum Gasteiger partial charge on any atom is -0.493 e. The summed E-state index contributed by atoms with van der Waals surface area (Å²) >= 11 is 0. The molecule has 38 heavy (non-hydrogen) atoms. The zero-order valence-electron chi connectivity index (χ0n) is 22.7. The van der Waals surface area contributed by atoms with Crippen LogP contribution in [0.25, 0.3) is 0 Å². The van der Waals surface area contributed by atoms with Gasteiger partial charge in [-0.1, -0.05) is 18.2 Å². The molecule has 5 atom stereocenters. The molecule has 0 spiro atoms. The van der Waals surface area contributed by atoms with Crippen LogP contribution in [0.4, 0.5) is 4.79 Å². The molecule has 3 aliphatic rings. The second-order valence-electron chi connectivity index (χ2n) is 11.0. The van der Waals surface area contributed by atoms with Gasteiger partial charge >= 0.3 is 6.09 Å². The van der Waals surface area contributed by atoms with Gasteiger partial charge in [-0.15, -0.1) is 0 Å². The Morgan fingerprint density at radius 2 is 1.76 bits per heavy atom. The Balaban J connectivity index is 1.42. The summed E-state index contributed by atoms with van der Waals surface area (Å²) in [7, 11) is 1.47. The number of carbonyl (C=O) groups excluding carboxylic acids is 4. The van der Waals surface area contributed by atoms with Crippen LogP contribution < -0.4 is 15.4 Å². The van der Waals surface area contributed by atoms with Gasteiger partial charge in [0.1, 0.15) is 35.7 Å². The number of likely N-dealkylation sites (N-methyl/N-ethyl adjacent to an activating group) is 1. The van der Waals surface area contributed by atoms with Crippen LogP contribution in [-0.4, -0.2) is 83.8 Å². The molecule has 0 saturated carbocycles. The first-order chi connectivity index (χ1) is 18.0. The van der Waals surface area contributed by atoms with Gasteiger partial charge in [0, 0.05) is 25.5 Å². The predicted octanol–water partition coefficient (Wildman–Crippen LogP) is 2.10. The number of rotatable bonds is 5. The van der Waals surface area contributed by atoms with Gasteiger partial charge in [0.25, 0.3) is 0 Å². The maximum Gasteiger partial charge on any atom is 0.410 e. The van der Waals surface area contributed by atoms with Crippen LogP contribution >= 0.6 is 0 Å². The molecule has 0 unspecified atom stereocenters. The zero-order chi connectivity index (χ0) is 27.6. The molecule has 2 fully saturated rings. The van der Waals surface area contributed by atoms with Gasteiger partial charge in [0.05, 0.1) is 19.3 Å². The number of hydrogen-bond donors (Lipinski definition) is 2. The summed E-state index contributed by atoms with van der Waals surface area (Å²) in [5.74, 6) is -0.362. The van der Waals surface area contributed by atoms with Crippen molar-refractivity contribution in [2.24, 2.45) is 0 Å². The Bertz CT molecular complexity index is 1070. The first-order valence-corrected chi connectivity index (χ1v) is 13.2. The van der Waals surface area contributed by atoms with Gasteiger partial charge in [-0.25, -0.2) is 4.79 Å². The summed E-state index contributed by atoms with van der Waals surface area (Å²) in [5, 5.41) is 5.86. The molecule has 2 N–H and O–H groups in total. The van der Waals surface area contributed by atoms with E-state index in [1.54, 1.807) is 27.7 Å². The van der Waals surface area contributed by atoms with Crippen molar-refractivity contribution >= 4 is 23.8 Å². The van der Waals surface area contributed by atoms with Gasteiger partial charge in [0.15, 0.2) is 0 Å². The fourth-order valence-electron chi connectivity index (χ4n) is 4.98. The molecule has 3 aliphatic heterocycles. The van der Waals surface area contributed by atoms with E-state index in [0.717, 1.165) is 11.3 Å². The van der Waals surface area contributed by atoms with Crippen molar-refractivity contribution in [3.8, 4) is 5.75 Å². The molecule has 4 amide bonds. The van der Waals surface area contributed by atoms with E-state index < -0.39 is 42.0 Å². The molecule has 0 aliphatic carbocycles. The number of carbonyl (C=O) groups is 4. The molecule has 1 aromatic carbocycles. The Hall–Kier alpha value is -3.34. The van der Waals surface area contributed by atoms with Crippen LogP contribution in [0, 0.1) is 0 Å². The van der Waals surface area contributed by atoms with E-state index >= 15 is 0 Å². The quantitative estimate of drug-likeness (QED) is 0.597. The average Bonchev–Trinajstić information content (AvgIpc) is 3.23. The van der Waals surface area contributed by atoms with Crippen molar-refractivity contribution in [3.05, 3.63) is 29.8 Å².